The van der Waals surface area contributed by atoms with E-state index in [-0.39, 0.29) is 0 Å². The maximum absolute atomic E-state index is 5.95. The van der Waals surface area contributed by atoms with Gasteiger partial charge in [-0.25, -0.2) is 0 Å². The molecule has 0 amide bonds. The minimum atomic E-state index is 0.340. The third-order valence-electron chi connectivity index (χ3n) is 3.00. The van der Waals surface area contributed by atoms with Crippen LogP contribution in [-0.2, 0) is 9.47 Å². The maximum atomic E-state index is 5.95. The van der Waals surface area contributed by atoms with Gasteiger partial charge >= 0.3 is 0 Å². The molecule has 2 fully saturated rings. The molecule has 0 aromatic carbocycles. The second-order valence-corrected chi connectivity index (χ2v) is 4.20. The third-order valence-corrected chi connectivity index (χ3v) is 3.00. The summed E-state index contributed by atoms with van der Waals surface area (Å²) in [5.41, 5.74) is 5.95. The van der Waals surface area contributed by atoms with E-state index >= 15 is 0 Å². The molecule has 0 aromatic rings. The number of rotatable bonds is 1. The van der Waals surface area contributed by atoms with Crippen LogP contribution in [0.3, 0.4) is 0 Å². The van der Waals surface area contributed by atoms with E-state index in [1.807, 2.05) is 0 Å². The predicted molar refractivity (Wildman–Crippen MR) is 54.2 cm³/mol. The van der Waals surface area contributed by atoms with Crippen LogP contribution < -0.4 is 5.73 Å². The second kappa shape index (κ2) is 5.07. The van der Waals surface area contributed by atoms with Crippen LogP contribution in [0.4, 0.5) is 0 Å². The Hall–Kier alpha value is -0.160. The van der Waals surface area contributed by atoms with E-state index in [0.29, 0.717) is 12.1 Å². The van der Waals surface area contributed by atoms with Crippen LogP contribution in [0.15, 0.2) is 0 Å². The first-order valence-corrected chi connectivity index (χ1v) is 5.51. The standard InChI is InChI=1S/C10H20N2O2/c11-9-2-1-3-12(6-9)10-7-13-4-5-14-8-10/h9-10H,1-8,11H2. The van der Waals surface area contributed by atoms with Gasteiger partial charge in [0.05, 0.1) is 32.5 Å². The third kappa shape index (κ3) is 2.67. The van der Waals surface area contributed by atoms with Crippen LogP contribution in [0.1, 0.15) is 12.8 Å². The molecule has 2 N–H and O–H groups in total. The quantitative estimate of drug-likeness (QED) is 0.638. The molecule has 14 heavy (non-hydrogen) atoms. The average Bonchev–Trinajstić information content (AvgIpc) is 2.45. The normalized spacial score (nSPS) is 32.8. The van der Waals surface area contributed by atoms with Crippen molar-refractivity contribution in [1.82, 2.24) is 4.90 Å². The van der Waals surface area contributed by atoms with Crippen LogP contribution in [0.25, 0.3) is 0 Å². The van der Waals surface area contributed by atoms with E-state index in [4.69, 9.17) is 15.2 Å². The molecule has 0 radical (unpaired) electrons. The monoisotopic (exact) mass is 200 g/mol. The van der Waals surface area contributed by atoms with Gasteiger partial charge in [-0.3, -0.25) is 4.90 Å². The molecule has 1 unspecified atom stereocenters. The predicted octanol–water partition coefficient (Wildman–Crippen LogP) is -0.175. The van der Waals surface area contributed by atoms with Crippen LogP contribution in [-0.4, -0.2) is 56.5 Å². The van der Waals surface area contributed by atoms with E-state index < -0.39 is 0 Å². The Morgan fingerprint density at radius 2 is 1.86 bits per heavy atom. The fraction of sp³-hybridized carbons (Fsp3) is 1.00. The summed E-state index contributed by atoms with van der Waals surface area (Å²) in [6.45, 7) is 5.20. The van der Waals surface area contributed by atoms with Crippen molar-refractivity contribution in [2.75, 3.05) is 39.5 Å². The molecule has 2 aliphatic rings. The number of likely N-dealkylation sites (tertiary alicyclic amines) is 1. The lowest BCUT2D eigenvalue weighted by atomic mass is 10.0. The number of hydrogen-bond donors (Lipinski definition) is 1. The van der Waals surface area contributed by atoms with Crippen LogP contribution in [0.5, 0.6) is 0 Å². The smallest absolute Gasteiger partial charge is 0.0701 e. The first kappa shape index (κ1) is 10.4. The van der Waals surface area contributed by atoms with Gasteiger partial charge < -0.3 is 15.2 Å². The Morgan fingerprint density at radius 1 is 1.14 bits per heavy atom. The van der Waals surface area contributed by atoms with Gasteiger partial charge in [-0.2, -0.15) is 0 Å². The van der Waals surface area contributed by atoms with Crippen molar-refractivity contribution in [1.29, 1.82) is 0 Å². The van der Waals surface area contributed by atoms with Crippen LogP contribution in [0.2, 0.25) is 0 Å². The Bertz CT molecular complexity index is 170. The molecule has 2 rings (SSSR count). The van der Waals surface area contributed by atoms with Gasteiger partial charge in [-0.15, -0.1) is 0 Å². The molecule has 4 heteroatoms. The summed E-state index contributed by atoms with van der Waals surface area (Å²) in [6.07, 6.45) is 2.36. The zero-order valence-corrected chi connectivity index (χ0v) is 8.65. The highest BCUT2D eigenvalue weighted by atomic mass is 16.5. The summed E-state index contributed by atoms with van der Waals surface area (Å²) in [7, 11) is 0. The molecule has 4 nitrogen and oxygen atoms in total. The van der Waals surface area contributed by atoms with Gasteiger partial charge in [0.2, 0.25) is 0 Å². The molecule has 2 saturated heterocycles. The fourth-order valence-electron chi connectivity index (χ4n) is 2.19. The number of hydrogen-bond acceptors (Lipinski definition) is 4. The average molecular weight is 200 g/mol. The summed E-state index contributed by atoms with van der Waals surface area (Å²) in [6, 6.07) is 0.760. The van der Waals surface area contributed by atoms with Gasteiger partial charge in [0.25, 0.3) is 0 Å². The minimum absolute atomic E-state index is 0.340. The summed E-state index contributed by atoms with van der Waals surface area (Å²) in [5.74, 6) is 0. The van der Waals surface area contributed by atoms with Crippen molar-refractivity contribution in [2.45, 2.75) is 24.9 Å². The molecule has 0 aliphatic carbocycles. The summed E-state index contributed by atoms with van der Waals surface area (Å²) >= 11 is 0. The highest BCUT2D eigenvalue weighted by Crippen LogP contribution is 2.13. The van der Waals surface area contributed by atoms with Gasteiger partial charge in [-0.1, -0.05) is 0 Å². The van der Waals surface area contributed by atoms with Crippen molar-refractivity contribution in [3.63, 3.8) is 0 Å². The lowest BCUT2D eigenvalue weighted by molar-refractivity contribution is 0.0533. The van der Waals surface area contributed by atoms with E-state index in [9.17, 15) is 0 Å². The highest BCUT2D eigenvalue weighted by molar-refractivity contribution is 4.81. The minimum Gasteiger partial charge on any atom is -0.377 e. The molecular weight excluding hydrogens is 180 g/mol. The fourth-order valence-corrected chi connectivity index (χ4v) is 2.19. The number of nitrogens with two attached hydrogens (primary N) is 1. The number of ether oxygens (including phenoxy) is 2. The Balaban J connectivity index is 1.85. The van der Waals surface area contributed by atoms with Crippen LogP contribution >= 0.6 is 0 Å². The lowest BCUT2D eigenvalue weighted by Gasteiger charge is -2.35. The SMILES string of the molecule is NC1CCCN(C2COCCOC2)C1. The first-order chi connectivity index (χ1) is 6.86. The second-order valence-electron chi connectivity index (χ2n) is 4.20. The highest BCUT2D eigenvalue weighted by Gasteiger charge is 2.25. The molecule has 82 valence electrons. The number of nitrogens with zero attached hydrogens (tertiary/aromatic N) is 1. The Kier molecular flexibility index (Phi) is 3.75. The van der Waals surface area contributed by atoms with Gasteiger partial charge in [0.1, 0.15) is 0 Å². The van der Waals surface area contributed by atoms with E-state index in [1.54, 1.807) is 0 Å². The largest absolute Gasteiger partial charge is 0.377 e. The van der Waals surface area contributed by atoms with Crippen molar-refractivity contribution in [3.8, 4) is 0 Å². The van der Waals surface area contributed by atoms with Gasteiger partial charge in [0, 0.05) is 12.6 Å². The summed E-state index contributed by atoms with van der Waals surface area (Å²) in [5, 5.41) is 0. The zero-order chi connectivity index (χ0) is 9.80. The molecule has 0 aromatic heterocycles. The van der Waals surface area contributed by atoms with E-state index in [2.05, 4.69) is 4.90 Å². The van der Waals surface area contributed by atoms with Crippen LogP contribution in [0, 0.1) is 0 Å². The number of piperidine rings is 1. The maximum Gasteiger partial charge on any atom is 0.0701 e. The van der Waals surface area contributed by atoms with Gasteiger partial charge in [-0.05, 0) is 19.4 Å². The molecule has 2 aliphatic heterocycles. The molecular formula is C10H20N2O2. The summed E-state index contributed by atoms with van der Waals surface area (Å²) in [4.78, 5) is 2.42. The Labute approximate surface area is 85.3 Å². The van der Waals surface area contributed by atoms with Crippen molar-refractivity contribution in [2.24, 2.45) is 5.73 Å². The molecule has 1 atom stereocenters. The Morgan fingerprint density at radius 3 is 2.50 bits per heavy atom. The molecule has 0 spiro atoms. The van der Waals surface area contributed by atoms with E-state index in [1.165, 1.54) is 6.42 Å². The molecule has 0 saturated carbocycles. The van der Waals surface area contributed by atoms with Crippen molar-refractivity contribution < 1.29 is 9.47 Å². The van der Waals surface area contributed by atoms with Crippen molar-refractivity contribution >= 4 is 0 Å². The topological polar surface area (TPSA) is 47.7 Å². The first-order valence-electron chi connectivity index (χ1n) is 5.51. The van der Waals surface area contributed by atoms with Gasteiger partial charge in [0.15, 0.2) is 0 Å². The van der Waals surface area contributed by atoms with Crippen molar-refractivity contribution in [3.05, 3.63) is 0 Å². The lowest BCUT2D eigenvalue weighted by Crippen LogP contribution is -2.50. The summed E-state index contributed by atoms with van der Waals surface area (Å²) < 4.78 is 11.0. The molecule has 2 heterocycles. The molecule has 0 bridgehead atoms. The zero-order valence-electron chi connectivity index (χ0n) is 8.65. The van der Waals surface area contributed by atoms with E-state index in [0.717, 1.165) is 45.9 Å².